The Balaban J connectivity index is 1.74. The Bertz CT molecular complexity index is 1260. The largest absolute Gasteiger partial charge is 0.283 e. The smallest absolute Gasteiger partial charge is 0.264 e. The third-order valence-electron chi connectivity index (χ3n) is 3.95. The summed E-state index contributed by atoms with van der Waals surface area (Å²) in [6, 6.07) is 13.7. The fourth-order valence-corrected chi connectivity index (χ4v) is 5.14. The second-order valence-corrected chi connectivity index (χ2v) is 10.4. The predicted octanol–water partition coefficient (Wildman–Crippen LogP) is 3.49. The molecular weight excluding hydrogens is 448 g/mol. The fraction of sp³-hybridized carbons (Fsp3) is 0.158. The van der Waals surface area contributed by atoms with Crippen LogP contribution >= 0.6 is 11.6 Å². The quantitative estimate of drug-likeness (QED) is 0.550. The van der Waals surface area contributed by atoms with Gasteiger partial charge >= 0.3 is 0 Å². The van der Waals surface area contributed by atoms with Gasteiger partial charge in [-0.1, -0.05) is 29.8 Å². The van der Waals surface area contributed by atoms with Gasteiger partial charge in [0.15, 0.2) is 0 Å². The van der Waals surface area contributed by atoms with Crippen molar-refractivity contribution in [3.8, 4) is 0 Å². The zero-order chi connectivity index (χ0) is 21.9. The van der Waals surface area contributed by atoms with Crippen LogP contribution in [0.25, 0.3) is 0 Å². The van der Waals surface area contributed by atoms with Gasteiger partial charge in [-0.15, -0.1) is 0 Å². The lowest BCUT2D eigenvalue weighted by Gasteiger charge is -2.11. The van der Waals surface area contributed by atoms with E-state index in [0.29, 0.717) is 22.0 Å². The number of hydrogen-bond donors (Lipinski definition) is 2. The summed E-state index contributed by atoms with van der Waals surface area (Å²) < 4.78 is 54.6. The van der Waals surface area contributed by atoms with Gasteiger partial charge in [0.05, 0.1) is 10.6 Å². The number of rotatable bonds is 7. The Labute approximate surface area is 180 Å². The minimum absolute atomic E-state index is 0.0305. The third-order valence-corrected chi connectivity index (χ3v) is 6.90. The Morgan fingerprint density at radius 2 is 1.47 bits per heavy atom. The number of aromatic nitrogens is 2. The van der Waals surface area contributed by atoms with Crippen molar-refractivity contribution in [3.63, 3.8) is 0 Å². The number of nitrogens with one attached hydrogen (secondary N) is 2. The van der Waals surface area contributed by atoms with Crippen LogP contribution in [-0.4, -0.2) is 26.8 Å². The molecule has 0 radical (unpaired) electrons. The summed E-state index contributed by atoms with van der Waals surface area (Å²) in [5.74, 6) is -0.338. The minimum atomic E-state index is -3.93. The highest BCUT2D eigenvalue weighted by molar-refractivity contribution is 7.92. The fourth-order valence-electron chi connectivity index (χ4n) is 2.69. The average Bonchev–Trinajstić information content (AvgIpc) is 2.62. The first-order valence-electron chi connectivity index (χ1n) is 8.73. The van der Waals surface area contributed by atoms with E-state index in [-0.39, 0.29) is 22.3 Å². The first kappa shape index (κ1) is 22.0. The molecule has 2 N–H and O–H groups in total. The molecule has 0 atom stereocenters. The number of sulfonamides is 2. The van der Waals surface area contributed by atoms with Crippen LogP contribution in [0.3, 0.4) is 0 Å². The molecule has 0 saturated heterocycles. The second-order valence-electron chi connectivity index (χ2n) is 6.56. The molecule has 3 rings (SSSR count). The van der Waals surface area contributed by atoms with Crippen LogP contribution in [0.5, 0.6) is 0 Å². The molecule has 0 saturated carbocycles. The molecule has 0 aliphatic rings. The van der Waals surface area contributed by atoms with Crippen molar-refractivity contribution >= 4 is 43.3 Å². The van der Waals surface area contributed by atoms with E-state index in [1.807, 2.05) is 0 Å². The van der Waals surface area contributed by atoms with E-state index in [1.165, 1.54) is 24.3 Å². The van der Waals surface area contributed by atoms with Crippen molar-refractivity contribution in [1.82, 2.24) is 9.97 Å². The summed E-state index contributed by atoms with van der Waals surface area (Å²) in [5, 5.41) is 0.351. The van der Waals surface area contributed by atoms with Crippen molar-refractivity contribution in [3.05, 3.63) is 76.6 Å². The van der Waals surface area contributed by atoms with Gasteiger partial charge in [-0.25, -0.2) is 31.5 Å². The lowest BCUT2D eigenvalue weighted by atomic mass is 10.2. The van der Waals surface area contributed by atoms with Crippen LogP contribution in [0.2, 0.25) is 5.02 Å². The third kappa shape index (κ3) is 5.68. The molecule has 0 amide bonds. The van der Waals surface area contributed by atoms with E-state index in [9.17, 15) is 16.8 Å². The normalized spacial score (nSPS) is 11.8. The molecule has 1 heterocycles. The molecule has 11 heteroatoms. The average molecular weight is 467 g/mol. The summed E-state index contributed by atoms with van der Waals surface area (Å²) in [5.41, 5.74) is 1.94. The summed E-state index contributed by atoms with van der Waals surface area (Å²) in [6.07, 6.45) is 0. The molecule has 1 aromatic heterocycles. The maximum absolute atomic E-state index is 12.6. The van der Waals surface area contributed by atoms with Gasteiger partial charge in [0, 0.05) is 22.1 Å². The van der Waals surface area contributed by atoms with Crippen molar-refractivity contribution in [2.24, 2.45) is 0 Å². The van der Waals surface area contributed by atoms with E-state index in [2.05, 4.69) is 19.4 Å². The molecule has 0 aliphatic heterocycles. The Morgan fingerprint density at radius 1 is 0.867 bits per heavy atom. The summed E-state index contributed by atoms with van der Waals surface area (Å²) in [7, 11) is -7.67. The van der Waals surface area contributed by atoms with Crippen LogP contribution in [-0.2, 0) is 25.8 Å². The molecule has 0 aliphatic carbocycles. The van der Waals surface area contributed by atoms with Crippen LogP contribution in [0.15, 0.2) is 59.5 Å². The Kier molecular flexibility index (Phi) is 6.30. The number of nitrogens with zero attached hydrogens (tertiary/aromatic N) is 2. The van der Waals surface area contributed by atoms with Gasteiger partial charge in [-0.3, -0.25) is 4.72 Å². The molecular formula is C19H19ClN4O4S2. The second kappa shape index (κ2) is 8.58. The molecule has 3 aromatic rings. The van der Waals surface area contributed by atoms with Gasteiger partial charge in [-0.2, -0.15) is 0 Å². The van der Waals surface area contributed by atoms with Gasteiger partial charge in [0.1, 0.15) is 0 Å². The molecule has 0 spiro atoms. The van der Waals surface area contributed by atoms with E-state index < -0.39 is 20.0 Å². The van der Waals surface area contributed by atoms with Crippen molar-refractivity contribution in [1.29, 1.82) is 0 Å². The van der Waals surface area contributed by atoms with Crippen LogP contribution in [0.4, 0.5) is 11.6 Å². The zero-order valence-electron chi connectivity index (χ0n) is 16.1. The number of halogens is 1. The lowest BCUT2D eigenvalue weighted by Crippen LogP contribution is -2.17. The van der Waals surface area contributed by atoms with Crippen molar-refractivity contribution < 1.29 is 16.8 Å². The number of hydrogen-bond acceptors (Lipinski definition) is 6. The van der Waals surface area contributed by atoms with Gasteiger partial charge in [0.25, 0.3) is 10.0 Å². The standard InChI is InChI=1S/C19H19ClN4O4S2/c1-13-11-14(2)22-19(21-13)24-30(27,28)17-9-7-16(8-10-17)23-29(25,26)12-15-5-3-4-6-18(15)20/h3-11,23H,12H2,1-2H3,(H,21,22,24). The first-order chi connectivity index (χ1) is 14.0. The van der Waals surface area contributed by atoms with E-state index >= 15 is 0 Å². The SMILES string of the molecule is Cc1cc(C)nc(NS(=O)(=O)c2ccc(NS(=O)(=O)Cc3ccccc3Cl)cc2)n1. The maximum Gasteiger partial charge on any atom is 0.264 e. The zero-order valence-corrected chi connectivity index (χ0v) is 18.5. The molecule has 0 bridgehead atoms. The minimum Gasteiger partial charge on any atom is -0.283 e. The number of anilines is 2. The Morgan fingerprint density at radius 3 is 2.07 bits per heavy atom. The van der Waals surface area contributed by atoms with Gasteiger partial charge in [-0.05, 0) is 55.8 Å². The maximum atomic E-state index is 12.6. The first-order valence-corrected chi connectivity index (χ1v) is 12.2. The summed E-state index contributed by atoms with van der Waals surface area (Å²) in [4.78, 5) is 8.05. The number of aryl methyl sites for hydroxylation is 2. The number of benzene rings is 2. The van der Waals surface area contributed by atoms with Gasteiger partial charge < -0.3 is 0 Å². The lowest BCUT2D eigenvalue weighted by molar-refractivity contribution is 0.599. The van der Waals surface area contributed by atoms with E-state index in [0.717, 1.165) is 0 Å². The molecule has 0 fully saturated rings. The molecule has 30 heavy (non-hydrogen) atoms. The van der Waals surface area contributed by atoms with Crippen molar-refractivity contribution in [2.45, 2.75) is 24.5 Å². The van der Waals surface area contributed by atoms with E-state index in [1.54, 1.807) is 44.2 Å². The summed E-state index contributed by atoms with van der Waals surface area (Å²) in [6.45, 7) is 3.46. The summed E-state index contributed by atoms with van der Waals surface area (Å²) >= 11 is 6.01. The van der Waals surface area contributed by atoms with Gasteiger partial charge in [0.2, 0.25) is 16.0 Å². The van der Waals surface area contributed by atoms with E-state index in [4.69, 9.17) is 11.6 Å². The highest BCUT2D eigenvalue weighted by Gasteiger charge is 2.18. The Hall–Kier alpha value is -2.69. The predicted molar refractivity (Wildman–Crippen MR) is 116 cm³/mol. The molecule has 158 valence electrons. The van der Waals surface area contributed by atoms with Crippen LogP contribution < -0.4 is 9.44 Å². The molecule has 0 unspecified atom stereocenters. The monoisotopic (exact) mass is 466 g/mol. The molecule has 8 nitrogen and oxygen atoms in total. The van der Waals surface area contributed by atoms with Crippen LogP contribution in [0, 0.1) is 13.8 Å². The topological polar surface area (TPSA) is 118 Å². The highest BCUT2D eigenvalue weighted by atomic mass is 35.5. The molecule has 2 aromatic carbocycles. The van der Waals surface area contributed by atoms with Crippen LogP contribution in [0.1, 0.15) is 17.0 Å². The van der Waals surface area contributed by atoms with Crippen molar-refractivity contribution in [2.75, 3.05) is 9.44 Å². The highest BCUT2D eigenvalue weighted by Crippen LogP contribution is 2.21.